The Hall–Kier alpha value is -1.06. The lowest BCUT2D eigenvalue weighted by atomic mass is 10.0. The number of rotatable bonds is 16. The van der Waals surface area contributed by atoms with E-state index >= 15 is 0 Å². The van der Waals surface area contributed by atoms with E-state index in [2.05, 4.69) is 34.6 Å². The van der Waals surface area contributed by atoms with E-state index in [0.717, 1.165) is 38.5 Å². The van der Waals surface area contributed by atoms with Crippen molar-refractivity contribution in [3.05, 3.63) is 0 Å². The second-order valence-electron chi connectivity index (χ2n) is 8.40. The SMILES string of the molecule is CC(C)CCCCC(=O)OCCC(C)CCOC(=O)CCCCC(C)C. The van der Waals surface area contributed by atoms with Crippen molar-refractivity contribution >= 4 is 11.9 Å². The van der Waals surface area contributed by atoms with Gasteiger partial charge in [-0.1, -0.05) is 60.3 Å². The van der Waals surface area contributed by atoms with Crippen molar-refractivity contribution in [2.75, 3.05) is 13.2 Å². The van der Waals surface area contributed by atoms with Gasteiger partial charge in [0.25, 0.3) is 0 Å². The van der Waals surface area contributed by atoms with Crippen molar-refractivity contribution in [1.82, 2.24) is 0 Å². The summed E-state index contributed by atoms with van der Waals surface area (Å²) in [6, 6.07) is 0. The Balaban J connectivity index is 3.52. The largest absolute Gasteiger partial charge is 0.466 e. The highest BCUT2D eigenvalue weighted by molar-refractivity contribution is 5.69. The lowest BCUT2D eigenvalue weighted by Gasteiger charge is -2.12. The second kappa shape index (κ2) is 16.1. The van der Waals surface area contributed by atoms with Crippen LogP contribution in [0.25, 0.3) is 0 Å². The number of carbonyl (C=O) groups excluding carboxylic acids is 2. The number of unbranched alkanes of at least 4 members (excludes halogenated alkanes) is 2. The molecule has 0 bridgehead atoms. The van der Waals surface area contributed by atoms with Crippen molar-refractivity contribution in [3.63, 3.8) is 0 Å². The van der Waals surface area contributed by atoms with Gasteiger partial charge in [0.1, 0.15) is 0 Å². The third-order valence-electron chi connectivity index (χ3n) is 4.57. The van der Waals surface area contributed by atoms with Crippen LogP contribution in [-0.2, 0) is 19.1 Å². The van der Waals surface area contributed by atoms with E-state index in [1.807, 2.05) is 0 Å². The van der Waals surface area contributed by atoms with Crippen molar-refractivity contribution in [3.8, 4) is 0 Å². The van der Waals surface area contributed by atoms with Crippen molar-refractivity contribution in [1.29, 1.82) is 0 Å². The van der Waals surface area contributed by atoms with Gasteiger partial charge in [-0.05, 0) is 43.4 Å². The standard InChI is InChI=1S/C22H42O4/c1-18(2)10-6-8-12-21(23)25-16-14-20(5)15-17-26-22(24)13-9-7-11-19(3)4/h18-20H,6-17H2,1-5H3. The summed E-state index contributed by atoms with van der Waals surface area (Å²) < 4.78 is 10.6. The summed E-state index contributed by atoms with van der Waals surface area (Å²) in [5.74, 6) is 1.60. The van der Waals surface area contributed by atoms with Gasteiger partial charge in [-0.25, -0.2) is 0 Å². The lowest BCUT2D eigenvalue weighted by molar-refractivity contribution is -0.144. The van der Waals surface area contributed by atoms with Gasteiger partial charge >= 0.3 is 11.9 Å². The third-order valence-corrected chi connectivity index (χ3v) is 4.57. The van der Waals surface area contributed by atoms with Crippen LogP contribution in [0.1, 0.15) is 98.8 Å². The van der Waals surface area contributed by atoms with E-state index in [0.29, 0.717) is 43.8 Å². The first-order chi connectivity index (χ1) is 12.3. The van der Waals surface area contributed by atoms with Crippen LogP contribution in [0.2, 0.25) is 0 Å². The van der Waals surface area contributed by atoms with Crippen LogP contribution < -0.4 is 0 Å². The highest BCUT2D eigenvalue weighted by Gasteiger charge is 2.08. The fraction of sp³-hybridized carbons (Fsp3) is 0.909. The van der Waals surface area contributed by atoms with Crippen LogP contribution in [0.4, 0.5) is 0 Å². The van der Waals surface area contributed by atoms with Crippen molar-refractivity contribution in [2.24, 2.45) is 17.8 Å². The number of hydrogen-bond acceptors (Lipinski definition) is 4. The second-order valence-corrected chi connectivity index (χ2v) is 8.40. The van der Waals surface area contributed by atoms with E-state index in [-0.39, 0.29) is 11.9 Å². The summed E-state index contributed by atoms with van der Waals surface area (Å²) in [5, 5.41) is 0. The molecule has 0 saturated carbocycles. The monoisotopic (exact) mass is 370 g/mol. The van der Waals surface area contributed by atoms with E-state index < -0.39 is 0 Å². The molecule has 0 unspecified atom stereocenters. The Kier molecular flexibility index (Phi) is 15.5. The highest BCUT2D eigenvalue weighted by atomic mass is 16.5. The van der Waals surface area contributed by atoms with Crippen molar-refractivity contribution in [2.45, 2.75) is 98.8 Å². The molecule has 0 atom stereocenters. The molecule has 0 aromatic rings. The molecule has 0 fully saturated rings. The normalized spacial score (nSPS) is 11.4. The average Bonchev–Trinajstić information content (AvgIpc) is 2.55. The van der Waals surface area contributed by atoms with Gasteiger partial charge in [-0.2, -0.15) is 0 Å². The summed E-state index contributed by atoms with van der Waals surface area (Å²) in [6.45, 7) is 11.8. The Morgan fingerprint density at radius 1 is 0.615 bits per heavy atom. The molecule has 4 heteroatoms. The number of hydrogen-bond donors (Lipinski definition) is 0. The van der Waals surface area contributed by atoms with Gasteiger partial charge < -0.3 is 9.47 Å². The fourth-order valence-corrected chi connectivity index (χ4v) is 2.68. The maximum atomic E-state index is 11.6. The summed E-state index contributed by atoms with van der Waals surface area (Å²) in [6.07, 6.45) is 9.04. The number of carbonyl (C=O) groups is 2. The van der Waals surface area contributed by atoms with E-state index in [1.165, 1.54) is 12.8 Å². The van der Waals surface area contributed by atoms with E-state index in [9.17, 15) is 9.59 Å². The van der Waals surface area contributed by atoms with Gasteiger partial charge in [-0.15, -0.1) is 0 Å². The van der Waals surface area contributed by atoms with Crippen LogP contribution in [0.15, 0.2) is 0 Å². The van der Waals surface area contributed by atoms with Gasteiger partial charge in [0.2, 0.25) is 0 Å². The van der Waals surface area contributed by atoms with E-state index in [4.69, 9.17) is 9.47 Å². The Morgan fingerprint density at radius 2 is 1.00 bits per heavy atom. The van der Waals surface area contributed by atoms with Crippen LogP contribution in [0, 0.1) is 17.8 Å². The molecule has 26 heavy (non-hydrogen) atoms. The van der Waals surface area contributed by atoms with Crippen LogP contribution in [0.5, 0.6) is 0 Å². The van der Waals surface area contributed by atoms with Gasteiger partial charge in [0.05, 0.1) is 13.2 Å². The molecular formula is C22H42O4. The molecular weight excluding hydrogens is 328 g/mol. The van der Waals surface area contributed by atoms with E-state index in [1.54, 1.807) is 0 Å². The lowest BCUT2D eigenvalue weighted by Crippen LogP contribution is -2.12. The molecule has 0 heterocycles. The van der Waals surface area contributed by atoms with Crippen LogP contribution >= 0.6 is 0 Å². The summed E-state index contributed by atoms with van der Waals surface area (Å²) in [5.41, 5.74) is 0. The minimum Gasteiger partial charge on any atom is -0.466 e. The smallest absolute Gasteiger partial charge is 0.305 e. The molecule has 0 saturated heterocycles. The van der Waals surface area contributed by atoms with Gasteiger partial charge in [0, 0.05) is 12.8 Å². The molecule has 154 valence electrons. The quantitative estimate of drug-likeness (QED) is 0.250. The molecule has 0 aromatic heterocycles. The zero-order chi connectivity index (χ0) is 19.8. The topological polar surface area (TPSA) is 52.6 Å². The Bertz CT molecular complexity index is 329. The molecule has 0 aliphatic carbocycles. The maximum absolute atomic E-state index is 11.6. The Morgan fingerprint density at radius 3 is 1.35 bits per heavy atom. The fourth-order valence-electron chi connectivity index (χ4n) is 2.68. The Labute approximate surface area is 161 Å². The molecule has 0 aromatic carbocycles. The van der Waals surface area contributed by atoms with Gasteiger partial charge in [0.15, 0.2) is 0 Å². The molecule has 0 amide bonds. The predicted molar refractivity (Wildman–Crippen MR) is 107 cm³/mol. The third kappa shape index (κ3) is 17.8. The summed E-state index contributed by atoms with van der Waals surface area (Å²) in [7, 11) is 0. The minimum atomic E-state index is -0.0891. The molecule has 4 nitrogen and oxygen atoms in total. The van der Waals surface area contributed by atoms with Crippen LogP contribution in [0.3, 0.4) is 0 Å². The average molecular weight is 371 g/mol. The molecule has 0 spiro atoms. The predicted octanol–water partition coefficient (Wildman–Crippen LogP) is 5.92. The zero-order valence-corrected chi connectivity index (χ0v) is 17.9. The first-order valence-electron chi connectivity index (χ1n) is 10.6. The minimum absolute atomic E-state index is 0.0891. The van der Waals surface area contributed by atoms with Crippen LogP contribution in [-0.4, -0.2) is 25.2 Å². The first kappa shape index (κ1) is 24.9. The zero-order valence-electron chi connectivity index (χ0n) is 17.9. The summed E-state index contributed by atoms with van der Waals surface area (Å²) in [4.78, 5) is 23.3. The molecule has 0 aliphatic rings. The molecule has 0 N–H and O–H groups in total. The molecule has 0 rings (SSSR count). The highest BCUT2D eigenvalue weighted by Crippen LogP contribution is 2.12. The van der Waals surface area contributed by atoms with Gasteiger partial charge in [-0.3, -0.25) is 9.59 Å². The number of ether oxygens (including phenoxy) is 2. The summed E-state index contributed by atoms with van der Waals surface area (Å²) >= 11 is 0. The first-order valence-corrected chi connectivity index (χ1v) is 10.6. The maximum Gasteiger partial charge on any atom is 0.305 e. The number of esters is 2. The molecule has 0 aliphatic heterocycles. The van der Waals surface area contributed by atoms with Crippen molar-refractivity contribution < 1.29 is 19.1 Å². The molecule has 0 radical (unpaired) electrons.